The maximum atomic E-state index is 12.0. The lowest BCUT2D eigenvalue weighted by Gasteiger charge is -2.36. The molecule has 0 atom stereocenters. The Labute approximate surface area is 104 Å². The molecule has 0 aromatic carbocycles. The summed E-state index contributed by atoms with van der Waals surface area (Å²) >= 11 is 0. The van der Waals surface area contributed by atoms with Gasteiger partial charge in [0.15, 0.2) is 0 Å². The first kappa shape index (κ1) is 14.5. The third-order valence-corrected chi connectivity index (χ3v) is 3.91. The van der Waals surface area contributed by atoms with Gasteiger partial charge in [-0.05, 0) is 46.5 Å². The van der Waals surface area contributed by atoms with Crippen LogP contribution in [0.2, 0.25) is 0 Å². The van der Waals surface area contributed by atoms with E-state index in [9.17, 15) is 4.79 Å². The van der Waals surface area contributed by atoms with E-state index in [0.717, 1.165) is 26.1 Å². The van der Waals surface area contributed by atoms with Crippen molar-refractivity contribution in [3.8, 4) is 0 Å². The molecular formula is C13H25NO3. The van der Waals surface area contributed by atoms with Gasteiger partial charge >= 0.3 is 5.97 Å². The summed E-state index contributed by atoms with van der Waals surface area (Å²) < 4.78 is 10.7. The highest BCUT2D eigenvalue weighted by Gasteiger charge is 2.42. The number of carbonyl (C=O) groups is 1. The minimum absolute atomic E-state index is 0.212. The molecule has 0 aromatic rings. The molecule has 4 nitrogen and oxygen atoms in total. The predicted octanol–water partition coefficient (Wildman–Crippen LogP) is 1.72. The van der Waals surface area contributed by atoms with Crippen LogP contribution in [0.25, 0.3) is 0 Å². The minimum Gasteiger partial charge on any atom is -0.465 e. The molecule has 0 saturated carbocycles. The quantitative estimate of drug-likeness (QED) is 0.764. The highest BCUT2D eigenvalue weighted by atomic mass is 16.5. The molecule has 0 unspecified atom stereocenters. The van der Waals surface area contributed by atoms with Gasteiger partial charge in [0.25, 0.3) is 0 Å². The minimum atomic E-state index is -0.668. The Kier molecular flexibility index (Phi) is 4.55. The number of ether oxygens (including phenoxy) is 2. The molecule has 0 bridgehead atoms. The number of hydrogen-bond acceptors (Lipinski definition) is 4. The van der Waals surface area contributed by atoms with Gasteiger partial charge < -0.3 is 15.2 Å². The van der Waals surface area contributed by atoms with Crippen LogP contribution in [0.3, 0.4) is 0 Å². The Morgan fingerprint density at radius 2 is 1.82 bits per heavy atom. The third kappa shape index (κ3) is 3.68. The summed E-state index contributed by atoms with van der Waals surface area (Å²) in [6.45, 7) is 9.40. The van der Waals surface area contributed by atoms with E-state index in [1.54, 1.807) is 0 Å². The third-order valence-electron chi connectivity index (χ3n) is 3.91. The van der Waals surface area contributed by atoms with Crippen LogP contribution >= 0.6 is 0 Å². The molecule has 0 aromatic heterocycles. The number of rotatable bonds is 4. The van der Waals surface area contributed by atoms with Crippen LogP contribution < -0.4 is 5.73 Å². The SMILES string of the molecule is CC(C)(N)C(C)(C)C(=O)OCC1CCOCC1. The molecule has 17 heavy (non-hydrogen) atoms. The van der Waals surface area contributed by atoms with E-state index in [1.807, 2.05) is 27.7 Å². The lowest BCUT2D eigenvalue weighted by Crippen LogP contribution is -2.52. The summed E-state index contributed by atoms with van der Waals surface area (Å²) in [5.41, 5.74) is 4.75. The normalized spacial score (nSPS) is 19.1. The first-order valence-electron chi connectivity index (χ1n) is 6.29. The Hall–Kier alpha value is -0.610. The van der Waals surface area contributed by atoms with Gasteiger partial charge in [0.05, 0.1) is 12.0 Å². The topological polar surface area (TPSA) is 61.6 Å². The lowest BCUT2D eigenvalue weighted by atomic mass is 9.75. The molecule has 0 radical (unpaired) electrons. The zero-order chi connectivity index (χ0) is 13.1. The fourth-order valence-corrected chi connectivity index (χ4v) is 1.55. The molecule has 0 amide bonds. The molecule has 100 valence electrons. The van der Waals surface area contributed by atoms with Crippen LogP contribution in [-0.4, -0.2) is 31.3 Å². The summed E-state index contributed by atoms with van der Waals surface area (Å²) in [4.78, 5) is 12.0. The van der Waals surface area contributed by atoms with Crippen molar-refractivity contribution in [2.45, 2.75) is 46.1 Å². The van der Waals surface area contributed by atoms with Crippen molar-refractivity contribution in [2.24, 2.45) is 17.1 Å². The second-order valence-corrected chi connectivity index (χ2v) is 6.00. The second-order valence-electron chi connectivity index (χ2n) is 6.00. The van der Waals surface area contributed by atoms with E-state index in [2.05, 4.69) is 0 Å². The molecule has 1 heterocycles. The fraction of sp³-hybridized carbons (Fsp3) is 0.923. The number of nitrogens with two attached hydrogens (primary N) is 1. The van der Waals surface area contributed by atoms with E-state index in [-0.39, 0.29) is 5.97 Å². The maximum absolute atomic E-state index is 12.0. The number of esters is 1. The largest absolute Gasteiger partial charge is 0.465 e. The van der Waals surface area contributed by atoms with Crippen LogP contribution in [0.5, 0.6) is 0 Å². The van der Waals surface area contributed by atoms with Crippen molar-refractivity contribution in [2.75, 3.05) is 19.8 Å². The molecule has 4 heteroatoms. The zero-order valence-corrected chi connectivity index (χ0v) is 11.4. The van der Waals surface area contributed by atoms with E-state index >= 15 is 0 Å². The van der Waals surface area contributed by atoms with Gasteiger partial charge in [-0.15, -0.1) is 0 Å². The summed E-state index contributed by atoms with van der Waals surface area (Å²) in [7, 11) is 0. The van der Waals surface area contributed by atoms with E-state index in [4.69, 9.17) is 15.2 Å². The van der Waals surface area contributed by atoms with Crippen LogP contribution in [-0.2, 0) is 14.3 Å². The predicted molar refractivity (Wildman–Crippen MR) is 66.5 cm³/mol. The molecule has 0 aliphatic carbocycles. The molecule has 1 aliphatic heterocycles. The lowest BCUT2D eigenvalue weighted by molar-refractivity contribution is -0.159. The first-order valence-corrected chi connectivity index (χ1v) is 6.29. The molecule has 2 N–H and O–H groups in total. The Bertz CT molecular complexity index is 262. The van der Waals surface area contributed by atoms with Gasteiger partial charge in [0.1, 0.15) is 0 Å². The fourth-order valence-electron chi connectivity index (χ4n) is 1.55. The van der Waals surface area contributed by atoms with Crippen molar-refractivity contribution >= 4 is 5.97 Å². The van der Waals surface area contributed by atoms with Crippen molar-refractivity contribution in [3.63, 3.8) is 0 Å². The average Bonchev–Trinajstić information content (AvgIpc) is 2.25. The van der Waals surface area contributed by atoms with Crippen molar-refractivity contribution in [1.82, 2.24) is 0 Å². The molecule has 1 saturated heterocycles. The number of carbonyl (C=O) groups excluding carboxylic acids is 1. The molecule has 1 fully saturated rings. The zero-order valence-electron chi connectivity index (χ0n) is 11.4. The van der Waals surface area contributed by atoms with Gasteiger partial charge in [0.2, 0.25) is 0 Å². The van der Waals surface area contributed by atoms with Crippen LogP contribution in [0.15, 0.2) is 0 Å². The van der Waals surface area contributed by atoms with Gasteiger partial charge in [-0.1, -0.05) is 0 Å². The molecule has 1 rings (SSSR count). The van der Waals surface area contributed by atoms with Crippen LogP contribution in [0, 0.1) is 11.3 Å². The Morgan fingerprint density at radius 1 is 1.29 bits per heavy atom. The summed E-state index contributed by atoms with van der Waals surface area (Å²) in [5, 5.41) is 0. The smallest absolute Gasteiger partial charge is 0.313 e. The first-order chi connectivity index (χ1) is 7.75. The summed E-state index contributed by atoms with van der Waals surface area (Å²) in [6.07, 6.45) is 1.94. The standard InChI is InChI=1S/C13H25NO3/c1-12(2,13(3,4)14)11(15)17-9-10-5-7-16-8-6-10/h10H,5-9,14H2,1-4H3. The van der Waals surface area contributed by atoms with Gasteiger partial charge in [-0.2, -0.15) is 0 Å². The maximum Gasteiger partial charge on any atom is 0.313 e. The summed E-state index contributed by atoms with van der Waals surface area (Å²) in [6, 6.07) is 0. The molecule has 1 aliphatic rings. The van der Waals surface area contributed by atoms with Crippen molar-refractivity contribution < 1.29 is 14.3 Å². The Balaban J connectivity index is 2.43. The molecular weight excluding hydrogens is 218 g/mol. The average molecular weight is 243 g/mol. The Morgan fingerprint density at radius 3 is 2.29 bits per heavy atom. The van der Waals surface area contributed by atoms with Gasteiger partial charge in [-0.3, -0.25) is 4.79 Å². The molecule has 0 spiro atoms. The van der Waals surface area contributed by atoms with Crippen LogP contribution in [0.4, 0.5) is 0 Å². The van der Waals surface area contributed by atoms with Crippen molar-refractivity contribution in [1.29, 1.82) is 0 Å². The van der Waals surface area contributed by atoms with Gasteiger partial charge in [0, 0.05) is 18.8 Å². The number of hydrogen-bond donors (Lipinski definition) is 1. The van der Waals surface area contributed by atoms with E-state index in [1.165, 1.54) is 0 Å². The van der Waals surface area contributed by atoms with Gasteiger partial charge in [-0.25, -0.2) is 0 Å². The highest BCUT2D eigenvalue weighted by molar-refractivity contribution is 5.77. The monoisotopic (exact) mass is 243 g/mol. The second kappa shape index (κ2) is 5.36. The summed E-state index contributed by atoms with van der Waals surface area (Å²) in [5.74, 6) is 0.223. The van der Waals surface area contributed by atoms with E-state index < -0.39 is 11.0 Å². The van der Waals surface area contributed by atoms with Crippen molar-refractivity contribution in [3.05, 3.63) is 0 Å². The van der Waals surface area contributed by atoms with E-state index in [0.29, 0.717) is 12.5 Å². The highest BCUT2D eigenvalue weighted by Crippen LogP contribution is 2.30. The van der Waals surface area contributed by atoms with Crippen LogP contribution in [0.1, 0.15) is 40.5 Å².